The van der Waals surface area contributed by atoms with Crippen molar-refractivity contribution in [3.05, 3.63) is 16.1 Å². The largest absolute Gasteiger partial charge is 0.388 e. The highest BCUT2D eigenvalue weighted by Gasteiger charge is 2.20. The minimum absolute atomic E-state index is 0.573. The van der Waals surface area contributed by atoms with Crippen LogP contribution in [0.25, 0.3) is 0 Å². The third-order valence-corrected chi connectivity index (χ3v) is 3.07. The van der Waals surface area contributed by atoms with E-state index in [1.165, 1.54) is 0 Å². The summed E-state index contributed by atoms with van der Waals surface area (Å²) < 4.78 is 0. The molecule has 0 radical (unpaired) electrons. The first kappa shape index (κ1) is 13.6. The minimum Gasteiger partial charge on any atom is -0.388 e. The normalized spacial score (nSPS) is 15.4. The lowest BCUT2D eigenvalue weighted by molar-refractivity contribution is 0.0336. The average molecular weight is 243 g/mol. The van der Waals surface area contributed by atoms with Crippen LogP contribution < -0.4 is 5.32 Å². The summed E-state index contributed by atoms with van der Waals surface area (Å²) in [5.74, 6) is 0. The molecule has 0 aliphatic carbocycles. The Morgan fingerprint density at radius 3 is 2.75 bits per heavy atom. The maximum absolute atomic E-state index is 10.0. The van der Waals surface area contributed by atoms with E-state index in [-0.39, 0.29) is 0 Å². The number of nitrogens with zero attached hydrogens (tertiary/aromatic N) is 2. The van der Waals surface area contributed by atoms with Crippen LogP contribution in [0.1, 0.15) is 17.6 Å². The van der Waals surface area contributed by atoms with E-state index in [0.717, 1.165) is 17.2 Å². The molecule has 2 N–H and O–H groups in total. The number of nitrogens with one attached hydrogen (secondary N) is 1. The molecule has 1 aromatic heterocycles. The van der Waals surface area contributed by atoms with Gasteiger partial charge in [-0.1, -0.05) is 0 Å². The Bertz CT molecular complexity index is 323. The van der Waals surface area contributed by atoms with Crippen molar-refractivity contribution in [1.82, 2.24) is 15.2 Å². The second-order valence-electron chi connectivity index (χ2n) is 4.72. The molecule has 1 aromatic rings. The molecular weight excluding hydrogens is 222 g/mol. The number of hydrogen-bond acceptors (Lipinski definition) is 5. The van der Waals surface area contributed by atoms with Crippen LogP contribution in [0.3, 0.4) is 0 Å². The number of aromatic nitrogens is 1. The van der Waals surface area contributed by atoms with Crippen molar-refractivity contribution >= 4 is 11.3 Å². The van der Waals surface area contributed by atoms with Gasteiger partial charge in [-0.15, -0.1) is 11.3 Å². The Kier molecular flexibility index (Phi) is 4.86. The first-order valence-corrected chi connectivity index (χ1v) is 6.26. The topological polar surface area (TPSA) is 48.4 Å². The first-order valence-electron chi connectivity index (χ1n) is 5.38. The van der Waals surface area contributed by atoms with E-state index in [2.05, 4.69) is 10.3 Å². The van der Waals surface area contributed by atoms with Gasteiger partial charge in [-0.25, -0.2) is 4.98 Å². The summed E-state index contributed by atoms with van der Waals surface area (Å²) in [4.78, 5) is 6.34. The van der Waals surface area contributed by atoms with Gasteiger partial charge in [0.15, 0.2) is 0 Å². The zero-order valence-corrected chi connectivity index (χ0v) is 11.3. The molecule has 0 saturated heterocycles. The van der Waals surface area contributed by atoms with Crippen molar-refractivity contribution in [2.24, 2.45) is 0 Å². The second-order valence-corrected chi connectivity index (χ2v) is 5.66. The van der Waals surface area contributed by atoms with Crippen LogP contribution in [0.15, 0.2) is 5.38 Å². The lowest BCUT2D eigenvalue weighted by atomic mass is 10.1. The molecule has 0 bridgehead atoms. The van der Waals surface area contributed by atoms with Gasteiger partial charge in [-0.05, 0) is 27.9 Å². The van der Waals surface area contributed by atoms with Crippen LogP contribution in [-0.4, -0.2) is 47.8 Å². The number of hydrogen-bond donors (Lipinski definition) is 2. The van der Waals surface area contributed by atoms with E-state index < -0.39 is 5.60 Å². The predicted octanol–water partition coefficient (Wildman–Crippen LogP) is 0.854. The molecule has 1 rings (SSSR count). The van der Waals surface area contributed by atoms with Crippen molar-refractivity contribution in [1.29, 1.82) is 0 Å². The molecular formula is C11H21N3OS. The second kappa shape index (κ2) is 5.72. The Morgan fingerprint density at radius 1 is 1.56 bits per heavy atom. The van der Waals surface area contributed by atoms with E-state index in [1.807, 2.05) is 38.2 Å². The molecule has 0 aliphatic heterocycles. The lowest BCUT2D eigenvalue weighted by Crippen LogP contribution is -2.45. The Morgan fingerprint density at radius 2 is 2.25 bits per heavy atom. The molecule has 0 fully saturated rings. The standard InChI is InChI=1S/C11H21N3OS/c1-9-6-16-10(13-9)5-12-7-11(2,15)8-14(3)4/h6,12,15H,5,7-8H2,1-4H3. The summed E-state index contributed by atoms with van der Waals surface area (Å²) in [7, 11) is 3.91. The maximum Gasteiger partial charge on any atom is 0.107 e. The molecule has 0 aromatic carbocycles. The molecule has 1 unspecified atom stereocenters. The van der Waals surface area contributed by atoms with E-state index in [9.17, 15) is 5.11 Å². The zero-order chi connectivity index (χ0) is 12.2. The van der Waals surface area contributed by atoms with Crippen LogP contribution in [0.2, 0.25) is 0 Å². The highest BCUT2D eigenvalue weighted by atomic mass is 32.1. The minimum atomic E-state index is -0.699. The number of thiazole rings is 1. The summed E-state index contributed by atoms with van der Waals surface area (Å²) in [5.41, 5.74) is 0.359. The van der Waals surface area contributed by atoms with Crippen molar-refractivity contribution < 1.29 is 5.11 Å². The average Bonchev–Trinajstić information content (AvgIpc) is 2.48. The predicted molar refractivity (Wildman–Crippen MR) is 67.7 cm³/mol. The highest BCUT2D eigenvalue weighted by Crippen LogP contribution is 2.09. The smallest absolute Gasteiger partial charge is 0.107 e. The van der Waals surface area contributed by atoms with Crippen molar-refractivity contribution in [2.75, 3.05) is 27.2 Å². The summed E-state index contributed by atoms with van der Waals surface area (Å²) in [6.07, 6.45) is 0. The van der Waals surface area contributed by atoms with Gasteiger partial charge in [-0.3, -0.25) is 0 Å². The maximum atomic E-state index is 10.0. The van der Waals surface area contributed by atoms with Gasteiger partial charge in [0.25, 0.3) is 0 Å². The molecule has 1 atom stereocenters. The van der Waals surface area contributed by atoms with E-state index in [0.29, 0.717) is 13.1 Å². The SMILES string of the molecule is Cc1csc(CNCC(C)(O)CN(C)C)n1. The molecule has 0 amide bonds. The summed E-state index contributed by atoms with van der Waals surface area (Å²) in [6.45, 7) is 5.78. The van der Waals surface area contributed by atoms with Gasteiger partial charge in [0.2, 0.25) is 0 Å². The fraction of sp³-hybridized carbons (Fsp3) is 0.727. The number of aliphatic hydroxyl groups is 1. The van der Waals surface area contributed by atoms with Gasteiger partial charge >= 0.3 is 0 Å². The van der Waals surface area contributed by atoms with Crippen molar-refractivity contribution in [2.45, 2.75) is 26.0 Å². The van der Waals surface area contributed by atoms with E-state index in [1.54, 1.807) is 11.3 Å². The van der Waals surface area contributed by atoms with Gasteiger partial charge in [0, 0.05) is 30.7 Å². The lowest BCUT2D eigenvalue weighted by Gasteiger charge is -2.27. The van der Waals surface area contributed by atoms with Crippen LogP contribution in [0, 0.1) is 6.92 Å². The van der Waals surface area contributed by atoms with Crippen LogP contribution >= 0.6 is 11.3 Å². The Balaban J connectivity index is 2.29. The summed E-state index contributed by atoms with van der Waals surface area (Å²) >= 11 is 1.65. The van der Waals surface area contributed by atoms with Crippen LogP contribution in [0.5, 0.6) is 0 Å². The fourth-order valence-corrected chi connectivity index (χ4v) is 2.40. The zero-order valence-electron chi connectivity index (χ0n) is 10.4. The van der Waals surface area contributed by atoms with Gasteiger partial charge < -0.3 is 15.3 Å². The number of rotatable bonds is 6. The van der Waals surface area contributed by atoms with E-state index in [4.69, 9.17) is 0 Å². The molecule has 16 heavy (non-hydrogen) atoms. The molecule has 0 aliphatic rings. The van der Waals surface area contributed by atoms with Crippen LogP contribution in [0.4, 0.5) is 0 Å². The first-order chi connectivity index (χ1) is 7.39. The highest BCUT2D eigenvalue weighted by molar-refractivity contribution is 7.09. The third kappa shape index (κ3) is 5.03. The molecule has 0 saturated carbocycles. The van der Waals surface area contributed by atoms with Crippen molar-refractivity contribution in [3.63, 3.8) is 0 Å². The van der Waals surface area contributed by atoms with Gasteiger partial charge in [0.1, 0.15) is 5.01 Å². The van der Waals surface area contributed by atoms with Crippen LogP contribution in [-0.2, 0) is 6.54 Å². The molecule has 4 nitrogen and oxygen atoms in total. The summed E-state index contributed by atoms with van der Waals surface area (Å²) in [5, 5.41) is 16.4. The molecule has 92 valence electrons. The van der Waals surface area contributed by atoms with Gasteiger partial charge in [-0.2, -0.15) is 0 Å². The quantitative estimate of drug-likeness (QED) is 0.778. The van der Waals surface area contributed by atoms with Crippen molar-refractivity contribution in [3.8, 4) is 0 Å². The molecule has 1 heterocycles. The number of aryl methyl sites for hydroxylation is 1. The molecule has 5 heteroatoms. The van der Waals surface area contributed by atoms with E-state index >= 15 is 0 Å². The summed E-state index contributed by atoms with van der Waals surface area (Å²) in [6, 6.07) is 0. The number of likely N-dealkylation sites (N-methyl/N-ethyl adjacent to an activating group) is 1. The molecule has 0 spiro atoms. The Labute approximate surface area is 101 Å². The Hall–Kier alpha value is -0.490. The third-order valence-electron chi connectivity index (χ3n) is 2.11. The monoisotopic (exact) mass is 243 g/mol. The fourth-order valence-electron chi connectivity index (χ4n) is 1.66. The van der Waals surface area contributed by atoms with Gasteiger partial charge in [0.05, 0.1) is 5.60 Å².